The van der Waals surface area contributed by atoms with E-state index in [1.807, 2.05) is 11.2 Å². The smallest absolute Gasteiger partial charge is 0.153 e. The molecule has 0 atom stereocenters. The monoisotopic (exact) mass is 391 g/mol. The highest BCUT2D eigenvalue weighted by Crippen LogP contribution is 2.36. The van der Waals surface area contributed by atoms with E-state index in [9.17, 15) is 8.78 Å². The number of aliphatic imine (C=N–C) groups is 1. The first-order valence-electron chi connectivity index (χ1n) is 9.53. The molecule has 0 aromatic heterocycles. The summed E-state index contributed by atoms with van der Waals surface area (Å²) in [6.45, 7) is 0. The van der Waals surface area contributed by atoms with E-state index in [1.54, 1.807) is 5.57 Å². The summed E-state index contributed by atoms with van der Waals surface area (Å²) >= 11 is 4.40. The topological polar surface area (TPSA) is 12.4 Å². The van der Waals surface area contributed by atoms with Crippen molar-refractivity contribution in [3.63, 3.8) is 0 Å². The van der Waals surface area contributed by atoms with Gasteiger partial charge in [-0.2, -0.15) is 4.99 Å². The summed E-state index contributed by atoms with van der Waals surface area (Å²) in [7, 11) is 0. The van der Waals surface area contributed by atoms with Crippen LogP contribution in [0.2, 0.25) is 0 Å². The SMILES string of the molecule is Fc1cc(C#Cc2ccc3c(c2)CCC(CC2CCC2)=C3)cc(F)c1N=C=S. The molecule has 4 rings (SSSR count). The predicted octanol–water partition coefficient (Wildman–Crippen LogP) is 6.62. The molecule has 0 spiro atoms. The zero-order chi connectivity index (χ0) is 19.5. The largest absolute Gasteiger partial charge is 0.204 e. The average molecular weight is 391 g/mol. The van der Waals surface area contributed by atoms with Gasteiger partial charge in [0.05, 0.1) is 5.16 Å². The molecule has 2 aliphatic carbocycles. The Morgan fingerprint density at radius 2 is 1.75 bits per heavy atom. The molecule has 0 radical (unpaired) electrons. The van der Waals surface area contributed by atoms with Gasteiger partial charge in [0.1, 0.15) is 5.69 Å². The number of isothiocyanates is 1. The molecule has 1 saturated carbocycles. The van der Waals surface area contributed by atoms with Crippen LogP contribution in [0.1, 0.15) is 54.4 Å². The molecule has 0 N–H and O–H groups in total. The molecule has 140 valence electrons. The molecule has 2 aromatic carbocycles. The summed E-state index contributed by atoms with van der Waals surface area (Å²) in [5.41, 5.74) is 4.78. The van der Waals surface area contributed by atoms with E-state index in [0.29, 0.717) is 0 Å². The van der Waals surface area contributed by atoms with Crippen molar-refractivity contribution >= 4 is 29.1 Å². The fraction of sp³-hybridized carbons (Fsp3) is 0.292. The fourth-order valence-electron chi connectivity index (χ4n) is 3.79. The van der Waals surface area contributed by atoms with Crippen LogP contribution in [-0.4, -0.2) is 5.16 Å². The first-order chi connectivity index (χ1) is 13.6. The van der Waals surface area contributed by atoms with Crippen LogP contribution in [0.4, 0.5) is 14.5 Å². The van der Waals surface area contributed by atoms with Crippen molar-refractivity contribution in [3.05, 3.63) is 69.8 Å². The molecule has 2 aromatic rings. The van der Waals surface area contributed by atoms with Crippen LogP contribution < -0.4 is 0 Å². The van der Waals surface area contributed by atoms with E-state index in [4.69, 9.17) is 0 Å². The van der Waals surface area contributed by atoms with Crippen LogP contribution in [0.25, 0.3) is 6.08 Å². The Labute approximate surface area is 169 Å². The minimum absolute atomic E-state index is 0.263. The second-order valence-corrected chi connectivity index (χ2v) is 7.64. The van der Waals surface area contributed by atoms with Crippen LogP contribution in [0.15, 0.2) is 40.9 Å². The van der Waals surface area contributed by atoms with Gasteiger partial charge < -0.3 is 0 Å². The third-order valence-corrected chi connectivity index (χ3v) is 5.61. The lowest BCUT2D eigenvalue weighted by Gasteiger charge is -2.28. The number of benzene rings is 2. The van der Waals surface area contributed by atoms with Gasteiger partial charge in [-0.1, -0.05) is 48.8 Å². The third kappa shape index (κ3) is 4.12. The number of aryl methyl sites for hydroxylation is 1. The number of rotatable bonds is 3. The molecule has 1 nitrogen and oxygen atoms in total. The van der Waals surface area contributed by atoms with Crippen LogP contribution in [0, 0.1) is 29.4 Å². The second kappa shape index (κ2) is 8.19. The molecule has 0 aliphatic heterocycles. The highest BCUT2D eigenvalue weighted by Gasteiger charge is 2.20. The van der Waals surface area contributed by atoms with Crippen molar-refractivity contribution in [1.29, 1.82) is 0 Å². The van der Waals surface area contributed by atoms with E-state index in [1.165, 1.54) is 36.8 Å². The van der Waals surface area contributed by atoms with Crippen molar-refractivity contribution in [2.75, 3.05) is 0 Å². The first kappa shape index (κ1) is 18.7. The number of hydrogen-bond donors (Lipinski definition) is 0. The van der Waals surface area contributed by atoms with E-state index < -0.39 is 17.3 Å². The van der Waals surface area contributed by atoms with Crippen molar-refractivity contribution in [1.82, 2.24) is 0 Å². The van der Waals surface area contributed by atoms with Crippen molar-refractivity contribution in [2.24, 2.45) is 10.9 Å². The minimum atomic E-state index is -0.795. The number of nitrogens with zero attached hydrogens (tertiary/aromatic N) is 1. The molecule has 0 saturated heterocycles. The molecule has 2 aliphatic rings. The quantitative estimate of drug-likeness (QED) is 0.325. The van der Waals surface area contributed by atoms with Gasteiger partial charge in [0.15, 0.2) is 11.6 Å². The Balaban J connectivity index is 1.54. The highest BCUT2D eigenvalue weighted by atomic mass is 32.1. The summed E-state index contributed by atoms with van der Waals surface area (Å²) in [4.78, 5) is 3.41. The molecular formula is C24H19F2NS. The molecule has 4 heteroatoms. The lowest BCUT2D eigenvalue weighted by atomic mass is 9.78. The first-order valence-corrected chi connectivity index (χ1v) is 9.94. The molecule has 0 bridgehead atoms. The summed E-state index contributed by atoms with van der Waals surface area (Å²) in [5.74, 6) is 5.14. The van der Waals surface area contributed by atoms with Crippen LogP contribution >= 0.6 is 12.2 Å². The maximum atomic E-state index is 13.9. The second-order valence-electron chi connectivity index (χ2n) is 7.46. The predicted molar refractivity (Wildman–Crippen MR) is 112 cm³/mol. The number of thiocarbonyl (C=S) groups is 1. The van der Waals surface area contributed by atoms with Crippen molar-refractivity contribution in [3.8, 4) is 11.8 Å². The van der Waals surface area contributed by atoms with Gasteiger partial charge in [-0.3, -0.25) is 0 Å². The van der Waals surface area contributed by atoms with Crippen molar-refractivity contribution in [2.45, 2.75) is 38.5 Å². The standard InChI is InChI=1S/C24H19F2NS/c25-22-13-19(14-23(26)24(22)27-15-28)5-4-17-6-8-21-12-18(7-9-20(21)11-17)10-16-2-1-3-16/h6,8,11-14,16H,1-3,7,9-10H2. The maximum absolute atomic E-state index is 13.9. The molecule has 28 heavy (non-hydrogen) atoms. The molecule has 0 amide bonds. The average Bonchev–Trinajstić information content (AvgIpc) is 2.66. The lowest BCUT2D eigenvalue weighted by Crippen LogP contribution is -2.13. The summed E-state index contributed by atoms with van der Waals surface area (Å²) in [6.07, 6.45) is 9.83. The number of fused-ring (bicyclic) bond motifs is 1. The Kier molecular flexibility index (Phi) is 5.48. The van der Waals surface area contributed by atoms with Gasteiger partial charge in [0.2, 0.25) is 0 Å². The Bertz CT molecular complexity index is 1040. The normalized spacial score (nSPS) is 15.4. The van der Waals surface area contributed by atoms with E-state index >= 15 is 0 Å². The fourth-order valence-corrected chi connectivity index (χ4v) is 3.88. The van der Waals surface area contributed by atoms with Crippen LogP contribution in [0.3, 0.4) is 0 Å². The van der Waals surface area contributed by atoms with E-state index in [0.717, 1.165) is 36.5 Å². The molecular weight excluding hydrogens is 372 g/mol. The Morgan fingerprint density at radius 1 is 1.00 bits per heavy atom. The van der Waals surface area contributed by atoms with Crippen LogP contribution in [-0.2, 0) is 6.42 Å². The molecule has 0 heterocycles. The Hall–Kier alpha value is -2.60. The van der Waals surface area contributed by atoms with E-state index in [-0.39, 0.29) is 5.56 Å². The van der Waals surface area contributed by atoms with E-state index in [2.05, 4.69) is 47.3 Å². The van der Waals surface area contributed by atoms with Gasteiger partial charge in [0, 0.05) is 11.1 Å². The van der Waals surface area contributed by atoms with Gasteiger partial charge in [-0.15, -0.1) is 0 Å². The molecule has 0 unspecified atom stereocenters. The number of hydrogen-bond acceptors (Lipinski definition) is 2. The van der Waals surface area contributed by atoms with Crippen LogP contribution in [0.5, 0.6) is 0 Å². The summed E-state index contributed by atoms with van der Waals surface area (Å²) in [6, 6.07) is 8.46. The van der Waals surface area contributed by atoms with Gasteiger partial charge >= 0.3 is 0 Å². The highest BCUT2D eigenvalue weighted by molar-refractivity contribution is 7.78. The molecule has 1 fully saturated rings. The van der Waals surface area contributed by atoms with Crippen molar-refractivity contribution < 1.29 is 8.78 Å². The Morgan fingerprint density at radius 3 is 2.43 bits per heavy atom. The minimum Gasteiger partial charge on any atom is -0.204 e. The zero-order valence-corrected chi connectivity index (χ0v) is 16.2. The lowest BCUT2D eigenvalue weighted by molar-refractivity contribution is 0.312. The third-order valence-electron chi connectivity index (χ3n) is 5.52. The van der Waals surface area contributed by atoms with Gasteiger partial charge in [-0.25, -0.2) is 8.78 Å². The number of halogens is 2. The summed E-state index contributed by atoms with van der Waals surface area (Å²) in [5, 5.41) is 1.98. The van der Waals surface area contributed by atoms with Gasteiger partial charge in [-0.05, 0) is 72.8 Å². The maximum Gasteiger partial charge on any atom is 0.153 e. The summed E-state index contributed by atoms with van der Waals surface area (Å²) < 4.78 is 27.8. The zero-order valence-electron chi connectivity index (χ0n) is 15.4. The van der Waals surface area contributed by atoms with Gasteiger partial charge in [0.25, 0.3) is 0 Å². The number of allylic oxidation sites excluding steroid dienone is 1.